The average Bonchev–Trinajstić information content (AvgIpc) is 2.73. The minimum Gasteiger partial charge on any atom is -0.381 e. The van der Waals surface area contributed by atoms with Crippen molar-refractivity contribution in [3.8, 4) is 0 Å². The number of halogens is 1. The Morgan fingerprint density at radius 2 is 2.27 bits per heavy atom. The fourth-order valence-electron chi connectivity index (χ4n) is 2.49. The molecule has 2 aliphatic rings. The van der Waals surface area contributed by atoms with Crippen LogP contribution in [0.5, 0.6) is 0 Å². The molecular weight excluding hydrogens is 256 g/mol. The van der Waals surface area contributed by atoms with Gasteiger partial charge in [0.15, 0.2) is 0 Å². The monoisotopic (exact) mass is 276 g/mol. The molecule has 3 nitrogen and oxygen atoms in total. The van der Waals surface area contributed by atoms with Crippen LogP contribution in [-0.2, 0) is 4.74 Å². The molecule has 0 radical (unpaired) electrons. The molecule has 4 heteroatoms. The molecule has 0 N–H and O–H groups in total. The van der Waals surface area contributed by atoms with Gasteiger partial charge in [-0.25, -0.2) is 0 Å². The molecule has 0 aromatic heterocycles. The second-order valence-electron chi connectivity index (χ2n) is 4.79. The van der Waals surface area contributed by atoms with Crippen molar-refractivity contribution in [2.45, 2.75) is 12.5 Å². The minimum absolute atomic E-state index is 0.685. The molecule has 0 aromatic rings. The largest absolute Gasteiger partial charge is 0.381 e. The highest BCUT2D eigenvalue weighted by Crippen LogP contribution is 2.18. The lowest BCUT2D eigenvalue weighted by Crippen LogP contribution is -2.53. The third-order valence-electron chi connectivity index (χ3n) is 3.50. The second-order valence-corrected chi connectivity index (χ2v) is 5.44. The van der Waals surface area contributed by atoms with Gasteiger partial charge in [-0.15, -0.1) is 0 Å². The molecule has 0 aromatic carbocycles. The van der Waals surface area contributed by atoms with Gasteiger partial charge in [0, 0.05) is 44.2 Å². The van der Waals surface area contributed by atoms with Gasteiger partial charge in [-0.1, -0.05) is 15.9 Å². The van der Waals surface area contributed by atoms with Crippen molar-refractivity contribution in [1.82, 2.24) is 9.80 Å². The maximum absolute atomic E-state index is 5.44. The predicted molar refractivity (Wildman–Crippen MR) is 65.6 cm³/mol. The number of alkyl halides is 1. The van der Waals surface area contributed by atoms with Gasteiger partial charge in [-0.3, -0.25) is 4.90 Å². The fourth-order valence-corrected chi connectivity index (χ4v) is 3.11. The summed E-state index contributed by atoms with van der Waals surface area (Å²) >= 11 is 3.63. The number of ether oxygens (including phenoxy) is 1. The van der Waals surface area contributed by atoms with Crippen molar-refractivity contribution in [1.29, 1.82) is 0 Å². The number of likely N-dealkylation sites (N-methyl/N-ethyl adjacent to an activating group) is 1. The van der Waals surface area contributed by atoms with Crippen molar-refractivity contribution in [2.75, 3.05) is 51.8 Å². The summed E-state index contributed by atoms with van der Waals surface area (Å²) in [5.74, 6) is 0.773. The highest BCUT2D eigenvalue weighted by Gasteiger charge is 2.27. The standard InChI is InChI=1S/C11H21BrN2O/c1-13-3-4-14(11(6-12)8-13)7-10-2-5-15-9-10/h10-11H,2-9H2,1H3. The summed E-state index contributed by atoms with van der Waals surface area (Å²) in [6, 6.07) is 0.685. The summed E-state index contributed by atoms with van der Waals surface area (Å²) in [6.07, 6.45) is 1.25. The van der Waals surface area contributed by atoms with Gasteiger partial charge in [-0.05, 0) is 19.4 Å². The van der Waals surface area contributed by atoms with Crippen LogP contribution in [-0.4, -0.2) is 67.6 Å². The van der Waals surface area contributed by atoms with E-state index in [1.165, 1.54) is 32.6 Å². The summed E-state index contributed by atoms with van der Waals surface area (Å²) in [4.78, 5) is 5.06. The third-order valence-corrected chi connectivity index (χ3v) is 4.25. The minimum atomic E-state index is 0.685. The Labute approximate surface area is 101 Å². The van der Waals surface area contributed by atoms with E-state index in [1.807, 2.05) is 0 Å². The lowest BCUT2D eigenvalue weighted by atomic mass is 10.1. The van der Waals surface area contributed by atoms with Crippen molar-refractivity contribution in [3.05, 3.63) is 0 Å². The molecule has 0 saturated carbocycles. The van der Waals surface area contributed by atoms with E-state index in [2.05, 4.69) is 32.8 Å². The topological polar surface area (TPSA) is 15.7 Å². The van der Waals surface area contributed by atoms with E-state index in [1.54, 1.807) is 0 Å². The van der Waals surface area contributed by atoms with E-state index in [9.17, 15) is 0 Å². The van der Waals surface area contributed by atoms with Gasteiger partial charge in [-0.2, -0.15) is 0 Å². The molecule has 2 unspecified atom stereocenters. The van der Waals surface area contributed by atoms with Crippen LogP contribution in [0.2, 0.25) is 0 Å². The zero-order valence-corrected chi connectivity index (χ0v) is 11.1. The van der Waals surface area contributed by atoms with E-state index >= 15 is 0 Å². The number of hydrogen-bond donors (Lipinski definition) is 0. The Morgan fingerprint density at radius 3 is 2.93 bits per heavy atom. The van der Waals surface area contributed by atoms with E-state index < -0.39 is 0 Å². The third kappa shape index (κ3) is 3.16. The van der Waals surface area contributed by atoms with Crippen molar-refractivity contribution in [3.63, 3.8) is 0 Å². The molecule has 2 rings (SSSR count). The van der Waals surface area contributed by atoms with Crippen LogP contribution in [0.25, 0.3) is 0 Å². The summed E-state index contributed by atoms with van der Waals surface area (Å²) in [5, 5.41) is 1.09. The zero-order valence-electron chi connectivity index (χ0n) is 9.49. The normalized spacial score (nSPS) is 34.8. The highest BCUT2D eigenvalue weighted by molar-refractivity contribution is 9.09. The molecule has 2 aliphatic heterocycles. The SMILES string of the molecule is CN1CCN(CC2CCOC2)C(CBr)C1. The quantitative estimate of drug-likeness (QED) is 0.717. The van der Waals surface area contributed by atoms with Crippen LogP contribution in [0, 0.1) is 5.92 Å². The molecule has 0 spiro atoms. The van der Waals surface area contributed by atoms with Gasteiger partial charge in [0.2, 0.25) is 0 Å². The zero-order chi connectivity index (χ0) is 10.7. The number of hydrogen-bond acceptors (Lipinski definition) is 3. The number of nitrogens with zero attached hydrogens (tertiary/aromatic N) is 2. The summed E-state index contributed by atoms with van der Waals surface area (Å²) in [7, 11) is 2.21. The van der Waals surface area contributed by atoms with Crippen LogP contribution >= 0.6 is 15.9 Å². The molecular formula is C11H21BrN2O. The van der Waals surface area contributed by atoms with Crippen LogP contribution in [0.3, 0.4) is 0 Å². The molecule has 2 fully saturated rings. The molecule has 0 bridgehead atoms. The molecule has 2 saturated heterocycles. The van der Waals surface area contributed by atoms with E-state index in [4.69, 9.17) is 4.74 Å². The Hall–Kier alpha value is 0.360. The first-order chi connectivity index (χ1) is 7.29. The Kier molecular flexibility index (Phi) is 4.43. The maximum Gasteiger partial charge on any atom is 0.0507 e. The van der Waals surface area contributed by atoms with Gasteiger partial charge in [0.1, 0.15) is 0 Å². The lowest BCUT2D eigenvalue weighted by Gasteiger charge is -2.40. The molecule has 15 heavy (non-hydrogen) atoms. The predicted octanol–water partition coefficient (Wildman–Crippen LogP) is 1.03. The van der Waals surface area contributed by atoms with E-state index in [0.717, 1.165) is 24.5 Å². The molecule has 0 aliphatic carbocycles. The Balaban J connectivity index is 1.83. The van der Waals surface area contributed by atoms with Crippen molar-refractivity contribution >= 4 is 15.9 Å². The summed E-state index contributed by atoms with van der Waals surface area (Å²) < 4.78 is 5.44. The Morgan fingerprint density at radius 1 is 1.40 bits per heavy atom. The molecule has 88 valence electrons. The van der Waals surface area contributed by atoms with Crippen LogP contribution in [0.4, 0.5) is 0 Å². The van der Waals surface area contributed by atoms with Gasteiger partial charge < -0.3 is 9.64 Å². The Bertz CT molecular complexity index is 197. The van der Waals surface area contributed by atoms with Gasteiger partial charge in [0.05, 0.1) is 6.61 Å². The molecule has 2 heterocycles. The molecule has 2 atom stereocenters. The van der Waals surface area contributed by atoms with Crippen LogP contribution in [0.1, 0.15) is 6.42 Å². The van der Waals surface area contributed by atoms with E-state index in [0.29, 0.717) is 6.04 Å². The highest BCUT2D eigenvalue weighted by atomic mass is 79.9. The second kappa shape index (κ2) is 5.62. The number of piperazine rings is 1. The smallest absolute Gasteiger partial charge is 0.0507 e. The number of rotatable bonds is 3. The first kappa shape index (κ1) is 11.8. The van der Waals surface area contributed by atoms with Crippen molar-refractivity contribution in [2.24, 2.45) is 5.92 Å². The molecule has 0 amide bonds. The van der Waals surface area contributed by atoms with Crippen molar-refractivity contribution < 1.29 is 4.74 Å². The van der Waals surface area contributed by atoms with Crippen LogP contribution < -0.4 is 0 Å². The van der Waals surface area contributed by atoms with Gasteiger partial charge >= 0.3 is 0 Å². The first-order valence-electron chi connectivity index (χ1n) is 5.86. The maximum atomic E-state index is 5.44. The first-order valence-corrected chi connectivity index (χ1v) is 6.98. The van der Waals surface area contributed by atoms with Crippen LogP contribution in [0.15, 0.2) is 0 Å². The fraction of sp³-hybridized carbons (Fsp3) is 1.00. The lowest BCUT2D eigenvalue weighted by molar-refractivity contribution is 0.0834. The summed E-state index contributed by atoms with van der Waals surface area (Å²) in [5.41, 5.74) is 0. The average molecular weight is 277 g/mol. The summed E-state index contributed by atoms with van der Waals surface area (Å²) in [6.45, 7) is 6.78. The van der Waals surface area contributed by atoms with Gasteiger partial charge in [0.25, 0.3) is 0 Å². The van der Waals surface area contributed by atoms with E-state index in [-0.39, 0.29) is 0 Å².